The third-order valence-corrected chi connectivity index (χ3v) is 6.28. The number of fused-ring (bicyclic) bond motifs is 1. The highest BCUT2D eigenvalue weighted by atomic mass is 35.5. The molecule has 2 aromatic rings. The third kappa shape index (κ3) is 3.83. The highest BCUT2D eigenvalue weighted by Gasteiger charge is 2.49. The zero-order valence-corrected chi connectivity index (χ0v) is 16.6. The van der Waals surface area contributed by atoms with Crippen LogP contribution in [-0.2, 0) is 23.2 Å². The monoisotopic (exact) mass is 401 g/mol. The van der Waals surface area contributed by atoms with Crippen molar-refractivity contribution >= 4 is 24.7 Å². The van der Waals surface area contributed by atoms with Gasteiger partial charge in [-0.2, -0.15) is 0 Å². The number of benzene rings is 2. The van der Waals surface area contributed by atoms with E-state index in [-0.39, 0.29) is 12.2 Å². The topological polar surface area (TPSA) is 104 Å². The number of aliphatic carboxylic acids is 1. The molecule has 0 amide bonds. The lowest BCUT2D eigenvalue weighted by molar-refractivity contribution is -0.145. The lowest BCUT2D eigenvalue weighted by Crippen LogP contribution is -2.37. The fraction of sp³-hybridized carbons (Fsp3) is 0.381. The predicted octanol–water partition coefficient (Wildman–Crippen LogP) is 3.23. The van der Waals surface area contributed by atoms with E-state index in [1.165, 1.54) is 0 Å². The molecule has 28 heavy (non-hydrogen) atoms. The number of carboxylic acids is 1. The van der Waals surface area contributed by atoms with Crippen LogP contribution in [-0.4, -0.2) is 28.2 Å². The van der Waals surface area contributed by atoms with Crippen LogP contribution in [0.5, 0.6) is 0 Å². The summed E-state index contributed by atoms with van der Waals surface area (Å²) in [4.78, 5) is 12.3. The molecule has 0 aliphatic heterocycles. The molecule has 7 heteroatoms. The average Bonchev–Trinajstić information content (AvgIpc) is 2.93. The maximum Gasteiger partial charge on any atom is 0.451 e. The Kier molecular flexibility index (Phi) is 6.15. The van der Waals surface area contributed by atoms with Gasteiger partial charge in [-0.15, -0.1) is 0 Å². The normalized spacial score (nSPS) is 20.8. The summed E-state index contributed by atoms with van der Waals surface area (Å²) in [5.74, 6) is -0.995. The molecule has 0 aromatic heterocycles. The second-order valence-electron chi connectivity index (χ2n) is 7.71. The molecule has 2 aromatic carbocycles. The van der Waals surface area contributed by atoms with Crippen molar-refractivity contribution in [1.82, 2.24) is 0 Å². The molecular weight excluding hydrogens is 376 g/mol. The van der Waals surface area contributed by atoms with Gasteiger partial charge in [0.05, 0.1) is 5.41 Å². The molecule has 3 rings (SSSR count). The summed E-state index contributed by atoms with van der Waals surface area (Å²) in [6, 6.07) is 11.6. The van der Waals surface area contributed by atoms with Gasteiger partial charge < -0.3 is 20.9 Å². The number of carboxylic acid groups (broad SMARTS) is 1. The van der Waals surface area contributed by atoms with Crippen LogP contribution < -0.4 is 5.73 Å². The fourth-order valence-corrected chi connectivity index (χ4v) is 4.57. The molecule has 5 N–H and O–H groups in total. The molecule has 0 unspecified atom stereocenters. The standard InChI is InChI=1S/C21H25BClNO4/c1-21(20(25)26)16(6-3-7-22(27)28)9-15-10-19(23)17(11-18(15)21)14-5-2-4-13(8-14)12-24/h2,4-5,8,10-11,16,27-28H,3,6-7,9,12,24H2,1H3,(H,25,26)/t16-,21-/m0/s1. The van der Waals surface area contributed by atoms with Crippen molar-refractivity contribution in [1.29, 1.82) is 0 Å². The van der Waals surface area contributed by atoms with Crippen LogP contribution in [0.4, 0.5) is 0 Å². The Hall–Kier alpha value is -1.86. The number of rotatable bonds is 7. The van der Waals surface area contributed by atoms with Crippen LogP contribution in [0.15, 0.2) is 36.4 Å². The molecule has 0 heterocycles. The van der Waals surface area contributed by atoms with Crippen LogP contribution in [0.1, 0.15) is 36.5 Å². The van der Waals surface area contributed by atoms with E-state index in [1.54, 1.807) is 6.92 Å². The Morgan fingerprint density at radius 2 is 2.07 bits per heavy atom. The second kappa shape index (κ2) is 8.25. The van der Waals surface area contributed by atoms with Gasteiger partial charge in [0, 0.05) is 17.1 Å². The average molecular weight is 402 g/mol. The summed E-state index contributed by atoms with van der Waals surface area (Å²) in [6.45, 7) is 2.18. The van der Waals surface area contributed by atoms with E-state index < -0.39 is 18.5 Å². The predicted molar refractivity (Wildman–Crippen MR) is 111 cm³/mol. The SMILES string of the molecule is C[C@@]1(C(=O)O)c2cc(-c3cccc(CN)c3)c(Cl)cc2C[C@@H]1CCCB(O)O. The van der Waals surface area contributed by atoms with E-state index in [9.17, 15) is 9.90 Å². The molecule has 5 nitrogen and oxygen atoms in total. The van der Waals surface area contributed by atoms with Crippen molar-refractivity contribution in [2.45, 2.75) is 44.5 Å². The Morgan fingerprint density at radius 3 is 2.71 bits per heavy atom. The summed E-state index contributed by atoms with van der Waals surface area (Å²) in [7, 11) is -1.37. The number of hydrogen-bond donors (Lipinski definition) is 4. The first kappa shape index (κ1) is 20.9. The highest BCUT2D eigenvalue weighted by Crippen LogP contribution is 2.48. The molecule has 0 saturated heterocycles. The first-order chi connectivity index (χ1) is 13.3. The van der Waals surface area contributed by atoms with Gasteiger partial charge in [-0.3, -0.25) is 4.79 Å². The summed E-state index contributed by atoms with van der Waals surface area (Å²) in [6.07, 6.45) is 2.01. The zero-order valence-electron chi connectivity index (χ0n) is 15.9. The van der Waals surface area contributed by atoms with Gasteiger partial charge in [0.15, 0.2) is 0 Å². The van der Waals surface area contributed by atoms with Gasteiger partial charge in [-0.25, -0.2) is 0 Å². The summed E-state index contributed by atoms with van der Waals surface area (Å²) in [5, 5.41) is 28.8. The maximum atomic E-state index is 12.3. The molecular formula is C21H25BClNO4. The Bertz CT molecular complexity index is 889. The summed E-state index contributed by atoms with van der Waals surface area (Å²) in [5.41, 5.74) is 9.13. The van der Waals surface area contributed by atoms with Gasteiger partial charge in [-0.1, -0.05) is 36.2 Å². The van der Waals surface area contributed by atoms with E-state index >= 15 is 0 Å². The summed E-state index contributed by atoms with van der Waals surface area (Å²) < 4.78 is 0. The van der Waals surface area contributed by atoms with E-state index in [0.717, 1.165) is 27.8 Å². The van der Waals surface area contributed by atoms with Gasteiger partial charge in [0.2, 0.25) is 0 Å². The molecule has 0 spiro atoms. The highest BCUT2D eigenvalue weighted by molar-refractivity contribution is 6.40. The van der Waals surface area contributed by atoms with Crippen molar-refractivity contribution in [3.63, 3.8) is 0 Å². The van der Waals surface area contributed by atoms with Crippen LogP contribution in [0, 0.1) is 5.92 Å². The van der Waals surface area contributed by atoms with Gasteiger partial charge >= 0.3 is 13.1 Å². The Morgan fingerprint density at radius 1 is 1.32 bits per heavy atom. The molecule has 2 atom stereocenters. The van der Waals surface area contributed by atoms with Crippen molar-refractivity contribution in [3.05, 3.63) is 58.1 Å². The van der Waals surface area contributed by atoms with Crippen molar-refractivity contribution in [2.75, 3.05) is 0 Å². The molecule has 148 valence electrons. The minimum Gasteiger partial charge on any atom is -0.481 e. The number of hydrogen-bond acceptors (Lipinski definition) is 4. The first-order valence-corrected chi connectivity index (χ1v) is 9.87. The number of nitrogens with two attached hydrogens (primary N) is 1. The number of carbonyl (C=O) groups is 1. The van der Waals surface area contributed by atoms with E-state index in [0.29, 0.717) is 30.8 Å². The molecule has 0 fully saturated rings. The van der Waals surface area contributed by atoms with E-state index in [2.05, 4.69) is 0 Å². The molecule has 1 aliphatic carbocycles. The maximum absolute atomic E-state index is 12.3. The van der Waals surface area contributed by atoms with E-state index in [4.69, 9.17) is 27.4 Å². The molecule has 1 aliphatic rings. The van der Waals surface area contributed by atoms with Crippen molar-refractivity contribution < 1.29 is 19.9 Å². The van der Waals surface area contributed by atoms with Crippen LogP contribution in [0.3, 0.4) is 0 Å². The minimum absolute atomic E-state index is 0.125. The molecule has 0 radical (unpaired) electrons. The third-order valence-electron chi connectivity index (χ3n) is 5.97. The second-order valence-corrected chi connectivity index (χ2v) is 8.12. The van der Waals surface area contributed by atoms with Crippen molar-refractivity contribution in [3.8, 4) is 11.1 Å². The van der Waals surface area contributed by atoms with Gasteiger partial charge in [0.1, 0.15) is 0 Å². The largest absolute Gasteiger partial charge is 0.481 e. The minimum atomic E-state index is -1.37. The zero-order chi connectivity index (χ0) is 20.5. The van der Waals surface area contributed by atoms with Gasteiger partial charge in [-0.05, 0) is 72.5 Å². The number of halogens is 1. The smallest absolute Gasteiger partial charge is 0.451 e. The lowest BCUT2D eigenvalue weighted by atomic mass is 9.72. The Labute approximate surface area is 170 Å². The first-order valence-electron chi connectivity index (χ1n) is 9.49. The molecule has 0 bridgehead atoms. The van der Waals surface area contributed by atoms with Gasteiger partial charge in [0.25, 0.3) is 0 Å². The summed E-state index contributed by atoms with van der Waals surface area (Å²) >= 11 is 6.56. The van der Waals surface area contributed by atoms with E-state index in [1.807, 2.05) is 36.4 Å². The fourth-order valence-electron chi connectivity index (χ4n) is 4.27. The molecule has 0 saturated carbocycles. The van der Waals surface area contributed by atoms with Crippen LogP contribution >= 0.6 is 11.6 Å². The quantitative estimate of drug-likeness (QED) is 0.533. The Balaban J connectivity index is 2.01. The van der Waals surface area contributed by atoms with Crippen LogP contribution in [0.2, 0.25) is 11.3 Å². The van der Waals surface area contributed by atoms with Crippen molar-refractivity contribution in [2.24, 2.45) is 11.7 Å². The lowest BCUT2D eigenvalue weighted by Gasteiger charge is -2.28. The van der Waals surface area contributed by atoms with Crippen LogP contribution in [0.25, 0.3) is 11.1 Å².